The average molecular weight is 482 g/mol. The monoisotopic (exact) mass is 481 g/mol. The predicted octanol–water partition coefficient (Wildman–Crippen LogP) is 4.89. The Hall–Kier alpha value is -3.80. The van der Waals surface area contributed by atoms with Crippen molar-refractivity contribution in [1.82, 2.24) is 14.3 Å². The molecule has 1 atom stereocenters. The highest BCUT2D eigenvalue weighted by Crippen LogP contribution is 2.31. The van der Waals surface area contributed by atoms with E-state index >= 15 is 0 Å². The van der Waals surface area contributed by atoms with E-state index in [2.05, 4.69) is 88.8 Å². The number of pyridine rings is 1. The van der Waals surface area contributed by atoms with Crippen LogP contribution in [0.15, 0.2) is 73.1 Å². The molecule has 36 heavy (non-hydrogen) atoms. The minimum Gasteiger partial charge on any atom is -0.378 e. The third-order valence-electron chi connectivity index (χ3n) is 7.40. The van der Waals surface area contributed by atoms with Crippen molar-refractivity contribution in [2.45, 2.75) is 26.2 Å². The molecule has 1 aliphatic rings. The first-order chi connectivity index (χ1) is 17.4. The van der Waals surface area contributed by atoms with Gasteiger partial charge in [-0.2, -0.15) is 0 Å². The van der Waals surface area contributed by atoms with Gasteiger partial charge in [-0.1, -0.05) is 36.4 Å². The van der Waals surface area contributed by atoms with Crippen LogP contribution in [0.2, 0.25) is 0 Å². The minimum absolute atomic E-state index is 0.0695. The summed E-state index contributed by atoms with van der Waals surface area (Å²) in [4.78, 5) is 24.9. The van der Waals surface area contributed by atoms with Gasteiger partial charge in [0.1, 0.15) is 5.65 Å². The number of hydrogen-bond donors (Lipinski definition) is 0. The Morgan fingerprint density at radius 1 is 0.917 bits per heavy atom. The van der Waals surface area contributed by atoms with Gasteiger partial charge >= 0.3 is 0 Å². The van der Waals surface area contributed by atoms with Crippen molar-refractivity contribution in [3.05, 3.63) is 95.4 Å². The Morgan fingerprint density at radius 3 is 2.31 bits per heavy atom. The van der Waals surface area contributed by atoms with Gasteiger partial charge in [0, 0.05) is 76.4 Å². The SMILES string of the molecule is Cc1ccccc1N1CCN(C(=O)CC(c2ccc(N(C)C)cc2)c2cnc3c(C)cccn23)CC1. The van der Waals surface area contributed by atoms with E-state index in [1.165, 1.54) is 11.3 Å². The van der Waals surface area contributed by atoms with Crippen molar-refractivity contribution >= 4 is 22.9 Å². The number of anilines is 2. The second-order valence-corrected chi connectivity index (χ2v) is 9.96. The number of piperazine rings is 1. The van der Waals surface area contributed by atoms with Crippen LogP contribution in [0.3, 0.4) is 0 Å². The molecule has 2 aromatic heterocycles. The van der Waals surface area contributed by atoms with Crippen molar-refractivity contribution in [1.29, 1.82) is 0 Å². The van der Waals surface area contributed by atoms with Gasteiger partial charge < -0.3 is 19.1 Å². The topological polar surface area (TPSA) is 44.1 Å². The fourth-order valence-electron chi connectivity index (χ4n) is 5.24. The summed E-state index contributed by atoms with van der Waals surface area (Å²) in [5.74, 6) is 0.128. The number of rotatable bonds is 6. The normalized spacial score (nSPS) is 14.8. The fraction of sp³-hybridized carbons (Fsp3) is 0.333. The number of nitrogens with zero attached hydrogens (tertiary/aromatic N) is 5. The van der Waals surface area contributed by atoms with Crippen LogP contribution in [0.25, 0.3) is 5.65 Å². The van der Waals surface area contributed by atoms with Crippen LogP contribution >= 0.6 is 0 Å². The van der Waals surface area contributed by atoms with Gasteiger partial charge in [-0.05, 0) is 54.8 Å². The maximum Gasteiger partial charge on any atom is 0.223 e. The maximum atomic E-state index is 13.6. The number of amides is 1. The number of hydrogen-bond acceptors (Lipinski definition) is 4. The first-order valence-electron chi connectivity index (χ1n) is 12.7. The van der Waals surface area contributed by atoms with E-state index in [0.717, 1.165) is 54.3 Å². The number of carbonyl (C=O) groups excluding carboxylic acids is 1. The lowest BCUT2D eigenvalue weighted by Crippen LogP contribution is -2.49. The fourth-order valence-corrected chi connectivity index (χ4v) is 5.24. The predicted molar refractivity (Wildman–Crippen MR) is 147 cm³/mol. The molecule has 0 spiro atoms. The van der Waals surface area contributed by atoms with Gasteiger partial charge in [0.25, 0.3) is 0 Å². The number of imidazole rings is 1. The molecular formula is C30H35N5O. The molecule has 0 aliphatic carbocycles. The van der Waals surface area contributed by atoms with Crippen LogP contribution in [-0.4, -0.2) is 60.5 Å². The highest BCUT2D eigenvalue weighted by Gasteiger charge is 2.27. The summed E-state index contributed by atoms with van der Waals surface area (Å²) in [6.07, 6.45) is 4.42. The number of carbonyl (C=O) groups is 1. The second kappa shape index (κ2) is 10.1. The maximum absolute atomic E-state index is 13.6. The van der Waals surface area contributed by atoms with E-state index in [0.29, 0.717) is 6.42 Å². The number of aromatic nitrogens is 2. The molecule has 4 aromatic rings. The van der Waals surface area contributed by atoms with Crippen LogP contribution in [-0.2, 0) is 4.79 Å². The van der Waals surface area contributed by atoms with Crippen LogP contribution in [0, 0.1) is 13.8 Å². The molecular weight excluding hydrogens is 446 g/mol. The van der Waals surface area contributed by atoms with Crippen molar-refractivity contribution in [2.24, 2.45) is 0 Å². The molecule has 0 saturated carbocycles. The standard InChI is InChI=1S/C30H35N5O/c1-22-8-5-6-10-27(22)33-16-18-34(19-17-33)29(36)20-26(24-11-13-25(14-12-24)32(3)4)28-21-31-30-23(2)9-7-15-35(28)30/h5-15,21,26H,16-20H2,1-4H3. The summed E-state index contributed by atoms with van der Waals surface area (Å²) in [7, 11) is 4.08. The average Bonchev–Trinajstić information content (AvgIpc) is 3.33. The van der Waals surface area contributed by atoms with Gasteiger partial charge in [0.2, 0.25) is 5.91 Å². The molecule has 0 radical (unpaired) electrons. The quantitative estimate of drug-likeness (QED) is 0.393. The number of benzene rings is 2. The zero-order chi connectivity index (χ0) is 25.2. The third-order valence-corrected chi connectivity index (χ3v) is 7.40. The van der Waals surface area contributed by atoms with E-state index in [1.807, 2.05) is 31.3 Å². The number of para-hydroxylation sites is 1. The lowest BCUT2D eigenvalue weighted by atomic mass is 9.91. The third kappa shape index (κ3) is 4.68. The highest BCUT2D eigenvalue weighted by molar-refractivity contribution is 5.78. The van der Waals surface area contributed by atoms with E-state index in [1.54, 1.807) is 0 Å². The zero-order valence-electron chi connectivity index (χ0n) is 21.7. The molecule has 6 nitrogen and oxygen atoms in total. The summed E-state index contributed by atoms with van der Waals surface area (Å²) in [5, 5.41) is 0. The Bertz CT molecular complexity index is 1350. The molecule has 5 rings (SSSR count). The largest absolute Gasteiger partial charge is 0.378 e. The molecule has 6 heteroatoms. The van der Waals surface area contributed by atoms with Crippen LogP contribution < -0.4 is 9.80 Å². The molecule has 186 valence electrons. The Kier molecular flexibility index (Phi) is 6.68. The molecule has 3 heterocycles. The Balaban J connectivity index is 1.39. The molecule has 1 fully saturated rings. The van der Waals surface area contributed by atoms with E-state index in [-0.39, 0.29) is 11.8 Å². The lowest BCUT2D eigenvalue weighted by Gasteiger charge is -2.37. The van der Waals surface area contributed by atoms with E-state index in [9.17, 15) is 4.79 Å². The van der Waals surface area contributed by atoms with Gasteiger partial charge in [-0.3, -0.25) is 4.79 Å². The molecule has 0 bridgehead atoms. The molecule has 1 saturated heterocycles. The smallest absolute Gasteiger partial charge is 0.223 e. The van der Waals surface area contributed by atoms with Crippen molar-refractivity contribution in [3.63, 3.8) is 0 Å². The lowest BCUT2D eigenvalue weighted by molar-refractivity contribution is -0.131. The van der Waals surface area contributed by atoms with Crippen LogP contribution in [0.1, 0.15) is 34.7 Å². The van der Waals surface area contributed by atoms with Gasteiger partial charge in [0.15, 0.2) is 0 Å². The summed E-state index contributed by atoms with van der Waals surface area (Å²) < 4.78 is 2.14. The van der Waals surface area contributed by atoms with Gasteiger partial charge in [-0.15, -0.1) is 0 Å². The Labute approximate surface area is 213 Å². The number of aryl methyl sites for hydroxylation is 2. The molecule has 0 N–H and O–H groups in total. The molecule has 2 aromatic carbocycles. The van der Waals surface area contributed by atoms with Crippen LogP contribution in [0.5, 0.6) is 0 Å². The van der Waals surface area contributed by atoms with Crippen molar-refractivity contribution < 1.29 is 4.79 Å². The summed E-state index contributed by atoms with van der Waals surface area (Å²) in [6, 6.07) is 21.2. The first kappa shape index (κ1) is 23.9. The van der Waals surface area contributed by atoms with Crippen molar-refractivity contribution in [3.8, 4) is 0 Å². The van der Waals surface area contributed by atoms with Crippen LogP contribution in [0.4, 0.5) is 11.4 Å². The molecule has 1 amide bonds. The molecule has 1 aliphatic heterocycles. The van der Waals surface area contributed by atoms with Gasteiger partial charge in [0.05, 0.1) is 5.69 Å². The number of fused-ring (bicyclic) bond motifs is 1. The zero-order valence-corrected chi connectivity index (χ0v) is 21.7. The summed E-state index contributed by atoms with van der Waals surface area (Å²) >= 11 is 0. The minimum atomic E-state index is -0.0695. The van der Waals surface area contributed by atoms with E-state index in [4.69, 9.17) is 4.98 Å². The molecule has 1 unspecified atom stereocenters. The van der Waals surface area contributed by atoms with Crippen molar-refractivity contribution in [2.75, 3.05) is 50.1 Å². The Morgan fingerprint density at radius 2 is 1.61 bits per heavy atom. The van der Waals surface area contributed by atoms with E-state index < -0.39 is 0 Å². The summed E-state index contributed by atoms with van der Waals surface area (Å²) in [6.45, 7) is 7.42. The summed E-state index contributed by atoms with van der Waals surface area (Å²) in [5.41, 5.74) is 7.95. The first-order valence-corrected chi connectivity index (χ1v) is 12.7. The highest BCUT2D eigenvalue weighted by atomic mass is 16.2. The van der Waals surface area contributed by atoms with Gasteiger partial charge in [-0.25, -0.2) is 4.98 Å². The second-order valence-electron chi connectivity index (χ2n) is 9.96.